The topological polar surface area (TPSA) is 65.6 Å². The number of thioether (sulfide) groups is 1. The lowest BCUT2D eigenvalue weighted by atomic mass is 10.2. The first-order chi connectivity index (χ1) is 12.1. The lowest BCUT2D eigenvalue weighted by Gasteiger charge is -2.06. The SMILES string of the molecule is C=CCn1c(C)cc(C(=O)CSc2nnnn2-c2ccccc2)c1C. The summed E-state index contributed by atoms with van der Waals surface area (Å²) in [6, 6.07) is 11.6. The van der Waals surface area contributed by atoms with Gasteiger partial charge in [0, 0.05) is 23.5 Å². The van der Waals surface area contributed by atoms with E-state index in [9.17, 15) is 4.79 Å². The van der Waals surface area contributed by atoms with Crippen LogP contribution in [0.25, 0.3) is 5.69 Å². The molecule has 0 radical (unpaired) electrons. The van der Waals surface area contributed by atoms with Gasteiger partial charge in [-0.2, -0.15) is 4.68 Å². The summed E-state index contributed by atoms with van der Waals surface area (Å²) in [5.74, 6) is 0.349. The summed E-state index contributed by atoms with van der Waals surface area (Å²) in [4.78, 5) is 12.6. The fraction of sp³-hybridized carbons (Fsp3) is 0.222. The van der Waals surface area contributed by atoms with Crippen molar-refractivity contribution in [3.05, 3.63) is 66.0 Å². The van der Waals surface area contributed by atoms with Gasteiger partial charge >= 0.3 is 0 Å². The summed E-state index contributed by atoms with van der Waals surface area (Å²) in [6.07, 6.45) is 1.83. The number of ketones is 1. The number of para-hydroxylation sites is 1. The van der Waals surface area contributed by atoms with Crippen LogP contribution >= 0.6 is 11.8 Å². The fourth-order valence-electron chi connectivity index (χ4n) is 2.70. The van der Waals surface area contributed by atoms with E-state index in [-0.39, 0.29) is 11.5 Å². The molecule has 0 fully saturated rings. The average molecular weight is 353 g/mol. The van der Waals surface area contributed by atoms with Crippen LogP contribution in [0.1, 0.15) is 21.7 Å². The quantitative estimate of drug-likeness (QED) is 0.371. The molecule has 2 aromatic heterocycles. The van der Waals surface area contributed by atoms with Gasteiger partial charge in [-0.3, -0.25) is 4.79 Å². The van der Waals surface area contributed by atoms with Crippen molar-refractivity contribution in [2.24, 2.45) is 0 Å². The number of nitrogens with zero attached hydrogens (tertiary/aromatic N) is 5. The minimum Gasteiger partial charge on any atom is -0.345 e. The van der Waals surface area contributed by atoms with Crippen LogP contribution in [0.2, 0.25) is 0 Å². The molecule has 0 saturated heterocycles. The third-order valence-electron chi connectivity index (χ3n) is 3.96. The Balaban J connectivity index is 1.75. The van der Waals surface area contributed by atoms with Gasteiger partial charge in [-0.1, -0.05) is 36.0 Å². The zero-order valence-corrected chi connectivity index (χ0v) is 15.0. The van der Waals surface area contributed by atoms with E-state index in [2.05, 4.69) is 26.7 Å². The summed E-state index contributed by atoms with van der Waals surface area (Å²) in [5.41, 5.74) is 3.63. The van der Waals surface area contributed by atoms with E-state index in [1.54, 1.807) is 4.68 Å². The van der Waals surface area contributed by atoms with Crippen molar-refractivity contribution in [2.45, 2.75) is 25.5 Å². The highest BCUT2D eigenvalue weighted by Crippen LogP contribution is 2.22. The van der Waals surface area contributed by atoms with E-state index >= 15 is 0 Å². The molecule has 0 aliphatic rings. The molecule has 0 N–H and O–H groups in total. The number of Topliss-reactive ketones (excluding diaryl/α,β-unsaturated/α-hetero) is 1. The molecule has 2 heterocycles. The molecule has 0 unspecified atom stereocenters. The van der Waals surface area contributed by atoms with E-state index in [1.807, 2.05) is 56.3 Å². The van der Waals surface area contributed by atoms with Crippen molar-refractivity contribution in [1.82, 2.24) is 24.8 Å². The van der Waals surface area contributed by atoms with Crippen molar-refractivity contribution >= 4 is 17.5 Å². The molecule has 25 heavy (non-hydrogen) atoms. The Hall–Kier alpha value is -2.67. The Morgan fingerprint density at radius 2 is 2.04 bits per heavy atom. The number of rotatable bonds is 7. The molecule has 0 amide bonds. The van der Waals surface area contributed by atoms with Crippen molar-refractivity contribution in [3.8, 4) is 5.69 Å². The first kappa shape index (κ1) is 17.2. The molecule has 0 saturated carbocycles. The molecule has 0 aliphatic heterocycles. The van der Waals surface area contributed by atoms with Gasteiger partial charge in [0.15, 0.2) is 5.78 Å². The second-order valence-corrected chi connectivity index (χ2v) is 6.55. The van der Waals surface area contributed by atoms with Gasteiger partial charge in [-0.25, -0.2) is 0 Å². The zero-order valence-electron chi connectivity index (χ0n) is 14.2. The number of benzene rings is 1. The summed E-state index contributed by atoms with van der Waals surface area (Å²) < 4.78 is 3.72. The highest BCUT2D eigenvalue weighted by Gasteiger charge is 2.17. The lowest BCUT2D eigenvalue weighted by Crippen LogP contribution is -2.07. The van der Waals surface area contributed by atoms with E-state index < -0.39 is 0 Å². The second-order valence-electron chi connectivity index (χ2n) is 5.60. The molecular formula is C18H19N5OS. The Kier molecular flexibility index (Phi) is 5.14. The highest BCUT2D eigenvalue weighted by atomic mass is 32.2. The van der Waals surface area contributed by atoms with Crippen LogP contribution in [0.15, 0.2) is 54.2 Å². The minimum absolute atomic E-state index is 0.0658. The van der Waals surface area contributed by atoms with Gasteiger partial charge in [0.05, 0.1) is 11.4 Å². The van der Waals surface area contributed by atoms with E-state index in [4.69, 9.17) is 0 Å². The monoisotopic (exact) mass is 353 g/mol. The van der Waals surface area contributed by atoms with Gasteiger partial charge in [0.1, 0.15) is 0 Å². The van der Waals surface area contributed by atoms with Crippen LogP contribution in [0, 0.1) is 13.8 Å². The van der Waals surface area contributed by atoms with Crippen LogP contribution in [0.4, 0.5) is 0 Å². The number of tetrazole rings is 1. The number of aromatic nitrogens is 5. The molecule has 0 bridgehead atoms. The second kappa shape index (κ2) is 7.48. The Morgan fingerprint density at radius 1 is 1.28 bits per heavy atom. The van der Waals surface area contributed by atoms with Crippen LogP contribution < -0.4 is 0 Å². The number of aryl methyl sites for hydroxylation is 1. The first-order valence-corrected chi connectivity index (χ1v) is 8.87. The number of hydrogen-bond acceptors (Lipinski definition) is 5. The normalized spacial score (nSPS) is 10.8. The standard InChI is InChI=1S/C18H19N5OS/c1-4-10-22-13(2)11-16(14(22)3)17(24)12-25-18-19-20-21-23(18)15-8-6-5-7-9-15/h4-9,11H,1,10,12H2,2-3H3. The minimum atomic E-state index is 0.0658. The lowest BCUT2D eigenvalue weighted by molar-refractivity contribution is 0.102. The van der Waals surface area contributed by atoms with Gasteiger partial charge in [0.25, 0.3) is 0 Å². The smallest absolute Gasteiger partial charge is 0.214 e. The predicted molar refractivity (Wildman–Crippen MR) is 98.3 cm³/mol. The van der Waals surface area contributed by atoms with E-state index in [0.717, 1.165) is 22.6 Å². The third-order valence-corrected chi connectivity index (χ3v) is 4.88. The van der Waals surface area contributed by atoms with Gasteiger partial charge in [-0.05, 0) is 42.5 Å². The number of carbonyl (C=O) groups excluding carboxylic acids is 1. The van der Waals surface area contributed by atoms with Crippen LogP contribution in [-0.2, 0) is 6.54 Å². The summed E-state index contributed by atoms with van der Waals surface area (Å²) >= 11 is 1.34. The Bertz CT molecular complexity index is 898. The maximum atomic E-state index is 12.6. The maximum Gasteiger partial charge on any atom is 0.214 e. The molecule has 0 atom stereocenters. The Morgan fingerprint density at radius 3 is 2.76 bits per heavy atom. The molecule has 0 aliphatic carbocycles. The number of allylic oxidation sites excluding steroid dienone is 1. The summed E-state index contributed by atoms with van der Waals surface area (Å²) in [6.45, 7) is 8.42. The zero-order chi connectivity index (χ0) is 17.8. The molecule has 1 aromatic carbocycles. The van der Waals surface area contributed by atoms with Crippen molar-refractivity contribution in [1.29, 1.82) is 0 Å². The molecule has 0 spiro atoms. The average Bonchev–Trinajstić information content (AvgIpc) is 3.20. The molecular weight excluding hydrogens is 334 g/mol. The maximum absolute atomic E-state index is 12.6. The summed E-state index contributed by atoms with van der Waals surface area (Å²) in [5, 5.41) is 12.4. The van der Waals surface area contributed by atoms with E-state index in [1.165, 1.54) is 11.8 Å². The van der Waals surface area contributed by atoms with Crippen molar-refractivity contribution in [3.63, 3.8) is 0 Å². The van der Waals surface area contributed by atoms with Crippen LogP contribution in [0.3, 0.4) is 0 Å². The Labute approximate surface area is 150 Å². The molecule has 6 nitrogen and oxygen atoms in total. The van der Waals surface area contributed by atoms with Crippen molar-refractivity contribution in [2.75, 3.05) is 5.75 Å². The number of hydrogen-bond donors (Lipinski definition) is 0. The third kappa shape index (κ3) is 3.56. The largest absolute Gasteiger partial charge is 0.345 e. The molecule has 7 heteroatoms. The van der Waals surface area contributed by atoms with Crippen LogP contribution in [0.5, 0.6) is 0 Å². The highest BCUT2D eigenvalue weighted by molar-refractivity contribution is 7.99. The molecule has 128 valence electrons. The first-order valence-electron chi connectivity index (χ1n) is 7.89. The molecule has 3 aromatic rings. The van der Waals surface area contributed by atoms with Gasteiger partial charge < -0.3 is 4.57 Å². The van der Waals surface area contributed by atoms with Gasteiger partial charge in [0.2, 0.25) is 5.16 Å². The van der Waals surface area contributed by atoms with Gasteiger partial charge in [-0.15, -0.1) is 11.7 Å². The predicted octanol–water partition coefficient (Wildman–Crippen LogP) is 3.24. The summed E-state index contributed by atoms with van der Waals surface area (Å²) in [7, 11) is 0. The fourth-order valence-corrected chi connectivity index (χ4v) is 3.48. The van der Waals surface area contributed by atoms with Crippen LogP contribution in [-0.4, -0.2) is 36.3 Å². The number of carbonyl (C=O) groups is 1. The van der Waals surface area contributed by atoms with E-state index in [0.29, 0.717) is 11.7 Å². The van der Waals surface area contributed by atoms with Crippen molar-refractivity contribution < 1.29 is 4.79 Å². The molecule has 3 rings (SSSR count).